The summed E-state index contributed by atoms with van der Waals surface area (Å²) in [7, 11) is 0. The third-order valence-electron chi connectivity index (χ3n) is 4.23. The first-order valence-corrected chi connectivity index (χ1v) is 10.3. The number of nitrogens with one attached hydrogen (secondary N) is 2. The summed E-state index contributed by atoms with van der Waals surface area (Å²) >= 11 is 1.19. The molecule has 174 valence electrons. The van der Waals surface area contributed by atoms with E-state index in [1.807, 2.05) is 0 Å². The number of hydrogen-bond acceptors (Lipinski definition) is 7. The van der Waals surface area contributed by atoms with Crippen LogP contribution in [0.4, 0.5) is 33.7 Å². The maximum absolute atomic E-state index is 14.5. The zero-order chi connectivity index (χ0) is 24.3. The van der Waals surface area contributed by atoms with Crippen LogP contribution in [0.1, 0.15) is 11.4 Å². The van der Waals surface area contributed by atoms with Crippen LogP contribution in [0, 0.1) is 12.7 Å². The third-order valence-corrected chi connectivity index (χ3v) is 5.05. The number of alkyl halides is 3. The molecule has 0 saturated heterocycles. The number of carbonyl (C=O) groups is 1. The van der Waals surface area contributed by atoms with Gasteiger partial charge in [-0.25, -0.2) is 14.2 Å². The van der Waals surface area contributed by atoms with Crippen LogP contribution in [0.3, 0.4) is 0 Å². The first-order valence-electron chi connectivity index (χ1n) is 9.52. The Balaban J connectivity index is 1.42. The molecule has 0 spiro atoms. The smallest absolute Gasteiger partial charge is 0.417 e. The van der Waals surface area contributed by atoms with Crippen LogP contribution in [0.2, 0.25) is 0 Å². The van der Waals surface area contributed by atoms with E-state index in [-0.39, 0.29) is 17.1 Å². The number of ether oxygens (including phenoxy) is 1. The van der Waals surface area contributed by atoms with Gasteiger partial charge in [-0.1, -0.05) is 0 Å². The zero-order valence-corrected chi connectivity index (χ0v) is 18.0. The second-order valence-corrected chi connectivity index (χ2v) is 7.56. The number of halogens is 4. The van der Waals surface area contributed by atoms with Gasteiger partial charge in [0.25, 0.3) is 0 Å². The van der Waals surface area contributed by atoms with Gasteiger partial charge in [-0.2, -0.15) is 17.5 Å². The average molecular weight is 490 g/mol. The highest BCUT2D eigenvalue weighted by atomic mass is 32.1. The number of aromatic nitrogens is 4. The summed E-state index contributed by atoms with van der Waals surface area (Å²) in [6, 6.07) is 6.70. The van der Waals surface area contributed by atoms with Gasteiger partial charge in [0.1, 0.15) is 28.8 Å². The number of nitrogens with zero attached hydrogens (tertiary/aromatic N) is 4. The van der Waals surface area contributed by atoms with Crippen molar-refractivity contribution in [1.82, 2.24) is 19.3 Å². The predicted octanol–water partition coefficient (Wildman–Crippen LogP) is 5.90. The molecule has 1 aromatic carbocycles. The normalized spacial score (nSPS) is 11.2. The minimum atomic E-state index is -4.62. The molecule has 0 bridgehead atoms. The van der Waals surface area contributed by atoms with Crippen molar-refractivity contribution < 1.29 is 27.1 Å². The Hall–Kier alpha value is -4.13. The fourth-order valence-corrected chi connectivity index (χ4v) is 3.37. The Labute approximate surface area is 193 Å². The molecule has 0 radical (unpaired) electrons. The van der Waals surface area contributed by atoms with Gasteiger partial charge < -0.3 is 15.4 Å². The number of rotatable bonds is 5. The van der Waals surface area contributed by atoms with Gasteiger partial charge >= 0.3 is 12.2 Å². The molecule has 34 heavy (non-hydrogen) atoms. The topological polar surface area (TPSA) is 102 Å². The summed E-state index contributed by atoms with van der Waals surface area (Å²) in [5.74, 6) is 0.333. The summed E-state index contributed by atoms with van der Waals surface area (Å²) in [6.45, 7) is 1.76. The van der Waals surface area contributed by atoms with Crippen molar-refractivity contribution in [3.63, 3.8) is 0 Å². The molecule has 0 aliphatic heterocycles. The molecule has 0 fully saturated rings. The van der Waals surface area contributed by atoms with Crippen LogP contribution in [-0.2, 0) is 6.18 Å². The lowest BCUT2D eigenvalue weighted by atomic mass is 10.2. The largest absolute Gasteiger partial charge is 0.457 e. The van der Waals surface area contributed by atoms with E-state index in [2.05, 4.69) is 30.0 Å². The SMILES string of the molecule is Cc1nsc(-c2cc(Oc3ccc(NC(=O)Nc4cncc(C(F)(F)F)c4)c(F)c3)ccn2)n1. The molecular weight excluding hydrogens is 476 g/mol. The molecule has 8 nitrogen and oxygen atoms in total. The number of benzene rings is 1. The second-order valence-electron chi connectivity index (χ2n) is 6.81. The maximum Gasteiger partial charge on any atom is 0.417 e. The molecule has 4 aromatic rings. The Morgan fingerprint density at radius 1 is 1.06 bits per heavy atom. The Kier molecular flexibility index (Phi) is 6.36. The molecule has 0 atom stereocenters. The molecule has 0 saturated carbocycles. The summed E-state index contributed by atoms with van der Waals surface area (Å²) in [5.41, 5.74) is -0.891. The minimum absolute atomic E-state index is 0.149. The lowest BCUT2D eigenvalue weighted by Gasteiger charge is -2.12. The van der Waals surface area contributed by atoms with Crippen molar-refractivity contribution in [3.05, 3.63) is 72.2 Å². The van der Waals surface area contributed by atoms with E-state index in [0.717, 1.165) is 12.3 Å². The van der Waals surface area contributed by atoms with Crippen LogP contribution in [0.5, 0.6) is 11.5 Å². The summed E-state index contributed by atoms with van der Waals surface area (Å²) < 4.78 is 62.6. The number of pyridine rings is 2. The Bertz CT molecular complexity index is 1340. The summed E-state index contributed by atoms with van der Waals surface area (Å²) in [4.78, 5) is 24.0. The van der Waals surface area contributed by atoms with E-state index >= 15 is 0 Å². The van der Waals surface area contributed by atoms with Gasteiger partial charge in [-0.05, 0) is 42.7 Å². The molecule has 0 aliphatic rings. The monoisotopic (exact) mass is 490 g/mol. The summed E-state index contributed by atoms with van der Waals surface area (Å²) in [5, 5.41) is 5.02. The van der Waals surface area contributed by atoms with Gasteiger partial charge in [-0.3, -0.25) is 9.97 Å². The lowest BCUT2D eigenvalue weighted by Crippen LogP contribution is -2.20. The van der Waals surface area contributed by atoms with E-state index in [9.17, 15) is 22.4 Å². The molecule has 3 heterocycles. The molecule has 2 amide bonds. The zero-order valence-electron chi connectivity index (χ0n) is 17.2. The molecular formula is C21H14F4N6O2S. The highest BCUT2D eigenvalue weighted by Crippen LogP contribution is 2.31. The van der Waals surface area contributed by atoms with Crippen molar-refractivity contribution in [3.8, 4) is 22.2 Å². The van der Waals surface area contributed by atoms with Gasteiger partial charge in [-0.15, -0.1) is 0 Å². The highest BCUT2D eigenvalue weighted by molar-refractivity contribution is 7.09. The van der Waals surface area contributed by atoms with Gasteiger partial charge in [0.2, 0.25) is 0 Å². The van der Waals surface area contributed by atoms with Crippen LogP contribution < -0.4 is 15.4 Å². The molecule has 0 unspecified atom stereocenters. The van der Waals surface area contributed by atoms with Crippen LogP contribution in [0.25, 0.3) is 10.7 Å². The van der Waals surface area contributed by atoms with Crippen molar-refractivity contribution in [2.45, 2.75) is 13.1 Å². The van der Waals surface area contributed by atoms with Crippen LogP contribution >= 0.6 is 11.5 Å². The van der Waals surface area contributed by atoms with E-state index < -0.39 is 23.6 Å². The van der Waals surface area contributed by atoms with Crippen LogP contribution in [-0.4, -0.2) is 25.4 Å². The average Bonchev–Trinajstić information content (AvgIpc) is 3.22. The third kappa shape index (κ3) is 5.61. The highest BCUT2D eigenvalue weighted by Gasteiger charge is 2.31. The van der Waals surface area contributed by atoms with Crippen molar-refractivity contribution in [2.75, 3.05) is 10.6 Å². The molecule has 3 aromatic heterocycles. The van der Waals surface area contributed by atoms with E-state index in [0.29, 0.717) is 34.5 Å². The molecule has 0 aliphatic carbocycles. The first kappa shape index (κ1) is 23.0. The van der Waals surface area contributed by atoms with E-state index in [1.165, 1.54) is 29.9 Å². The summed E-state index contributed by atoms with van der Waals surface area (Å²) in [6.07, 6.45) is -1.44. The number of hydrogen-bond donors (Lipinski definition) is 2. The Morgan fingerprint density at radius 3 is 2.56 bits per heavy atom. The number of carbonyl (C=O) groups excluding carboxylic acids is 1. The number of urea groups is 1. The van der Waals surface area contributed by atoms with Crippen molar-refractivity contribution in [1.29, 1.82) is 0 Å². The standard InChI is InChI=1S/C21H14F4N6O2S/c1-11-28-19(34-31-11)18-8-15(4-5-27-18)33-14-2-3-17(16(22)7-14)30-20(32)29-13-6-12(9-26-10-13)21(23,24)25/h2-10H,1H3,(H2,29,30,32). The second kappa shape index (κ2) is 9.39. The fourth-order valence-electron chi connectivity index (χ4n) is 2.74. The Morgan fingerprint density at radius 2 is 1.85 bits per heavy atom. The van der Waals surface area contributed by atoms with Crippen LogP contribution in [0.15, 0.2) is 55.0 Å². The maximum atomic E-state index is 14.5. The van der Waals surface area contributed by atoms with E-state index in [4.69, 9.17) is 4.74 Å². The molecule has 4 rings (SSSR count). The number of aryl methyl sites for hydroxylation is 1. The molecule has 13 heteroatoms. The predicted molar refractivity (Wildman–Crippen MR) is 116 cm³/mol. The van der Waals surface area contributed by atoms with Gasteiger partial charge in [0, 0.05) is 24.5 Å². The number of amides is 2. The van der Waals surface area contributed by atoms with Crippen molar-refractivity contribution >= 4 is 28.9 Å². The minimum Gasteiger partial charge on any atom is -0.457 e. The van der Waals surface area contributed by atoms with E-state index in [1.54, 1.807) is 19.1 Å². The van der Waals surface area contributed by atoms with Gasteiger partial charge in [0.15, 0.2) is 5.01 Å². The van der Waals surface area contributed by atoms with Gasteiger partial charge in [0.05, 0.1) is 23.1 Å². The fraction of sp³-hybridized carbons (Fsp3) is 0.0952. The van der Waals surface area contributed by atoms with Crippen molar-refractivity contribution in [2.24, 2.45) is 0 Å². The number of anilines is 2. The lowest BCUT2D eigenvalue weighted by molar-refractivity contribution is -0.137. The first-order chi connectivity index (χ1) is 16.2. The quantitative estimate of drug-likeness (QED) is 0.338. The molecule has 2 N–H and O–H groups in total.